The molecular weight excluding hydrogens is 187 g/mol. The molecule has 62 valence electrons. The number of halogens is 2. The van der Waals surface area contributed by atoms with Crippen LogP contribution in [0, 0.1) is 11.3 Å². The van der Waals surface area contributed by atoms with Crippen molar-refractivity contribution in [3.05, 3.63) is 30.1 Å². The molecule has 0 saturated heterocycles. The van der Waals surface area contributed by atoms with Crippen LogP contribution in [0.15, 0.2) is 24.5 Å². The second-order valence-electron chi connectivity index (χ2n) is 1.35. The average molecular weight is 195 g/mol. The van der Waals surface area contributed by atoms with E-state index in [4.69, 9.17) is 5.26 Å². The van der Waals surface area contributed by atoms with Crippen molar-refractivity contribution in [3.8, 4) is 6.07 Å². The van der Waals surface area contributed by atoms with Crippen molar-refractivity contribution >= 4 is 24.8 Å². The molecule has 1 aromatic heterocycles. The first-order valence-corrected chi connectivity index (χ1v) is 2.23. The Hall–Kier alpha value is -0.820. The van der Waals surface area contributed by atoms with E-state index in [1.807, 2.05) is 6.07 Å². The van der Waals surface area contributed by atoms with E-state index in [-0.39, 0.29) is 30.3 Å². The number of nitrogens with zero attached hydrogens (tertiary/aromatic N) is 2. The molecule has 5 heteroatoms. The Morgan fingerprint density at radius 2 is 2.00 bits per heavy atom. The van der Waals surface area contributed by atoms with E-state index in [9.17, 15) is 0 Å². The summed E-state index contributed by atoms with van der Waals surface area (Å²) in [4.78, 5) is 3.73. The number of aromatic nitrogens is 1. The number of pyridine rings is 1. The average Bonchev–Trinajstić information content (AvgIpc) is 1.90. The van der Waals surface area contributed by atoms with Crippen LogP contribution in [-0.2, 0) is 0 Å². The lowest BCUT2D eigenvalue weighted by Gasteiger charge is -1.79. The molecule has 0 fully saturated rings. The zero-order chi connectivity index (χ0) is 5.82. The van der Waals surface area contributed by atoms with Gasteiger partial charge in [-0.1, -0.05) is 0 Å². The fourth-order valence-corrected chi connectivity index (χ4v) is 0.429. The van der Waals surface area contributed by atoms with Gasteiger partial charge in [-0.05, 0) is 12.1 Å². The molecule has 1 rings (SSSR count). The lowest BCUT2D eigenvalue weighted by atomic mass is 10.3. The Morgan fingerprint density at radius 1 is 1.36 bits per heavy atom. The first-order valence-electron chi connectivity index (χ1n) is 2.23. The van der Waals surface area contributed by atoms with Crippen molar-refractivity contribution < 1.29 is 5.48 Å². The lowest BCUT2D eigenvalue weighted by Crippen LogP contribution is -1.72. The molecule has 0 amide bonds. The summed E-state index contributed by atoms with van der Waals surface area (Å²) in [5, 5.41) is 8.25. The van der Waals surface area contributed by atoms with Crippen LogP contribution < -0.4 is 0 Å². The van der Waals surface area contributed by atoms with E-state index in [0.717, 1.165) is 0 Å². The summed E-state index contributed by atoms with van der Waals surface area (Å²) in [7, 11) is 0. The van der Waals surface area contributed by atoms with Gasteiger partial charge in [-0.3, -0.25) is 4.98 Å². The van der Waals surface area contributed by atoms with Gasteiger partial charge in [-0.15, -0.1) is 24.8 Å². The van der Waals surface area contributed by atoms with Crippen molar-refractivity contribution in [2.75, 3.05) is 0 Å². The summed E-state index contributed by atoms with van der Waals surface area (Å²) in [6.07, 6.45) is 3.17. The maximum absolute atomic E-state index is 8.25. The van der Waals surface area contributed by atoms with Gasteiger partial charge >= 0.3 is 0 Å². The second-order valence-corrected chi connectivity index (χ2v) is 1.35. The molecule has 0 aliphatic rings. The van der Waals surface area contributed by atoms with Crippen molar-refractivity contribution in [1.82, 2.24) is 4.98 Å². The minimum atomic E-state index is 0. The third-order valence-electron chi connectivity index (χ3n) is 0.791. The number of nitriles is 1. The van der Waals surface area contributed by atoms with Crippen molar-refractivity contribution in [1.29, 1.82) is 5.26 Å². The molecule has 0 spiro atoms. The molecule has 2 N–H and O–H groups in total. The van der Waals surface area contributed by atoms with Crippen LogP contribution in [0.2, 0.25) is 0 Å². The van der Waals surface area contributed by atoms with E-state index in [0.29, 0.717) is 5.56 Å². The molecule has 1 heterocycles. The standard InChI is InChI=1S/C6H4N2.2ClH.H2O/c7-4-6-2-1-3-8-5-6;;;/h1-3,5H;2*1H;1H2. The monoisotopic (exact) mass is 194 g/mol. The molecule has 3 nitrogen and oxygen atoms in total. The van der Waals surface area contributed by atoms with Gasteiger partial charge in [0.2, 0.25) is 0 Å². The van der Waals surface area contributed by atoms with Gasteiger partial charge < -0.3 is 5.48 Å². The van der Waals surface area contributed by atoms with E-state index >= 15 is 0 Å². The van der Waals surface area contributed by atoms with Gasteiger partial charge in [0.1, 0.15) is 6.07 Å². The highest BCUT2D eigenvalue weighted by molar-refractivity contribution is 5.85. The fourth-order valence-electron chi connectivity index (χ4n) is 0.429. The normalized spacial score (nSPS) is 5.73. The number of rotatable bonds is 0. The molecule has 0 unspecified atom stereocenters. The summed E-state index contributed by atoms with van der Waals surface area (Å²) >= 11 is 0. The van der Waals surface area contributed by atoms with Gasteiger partial charge in [-0.25, -0.2) is 0 Å². The minimum Gasteiger partial charge on any atom is -0.412 e. The molecule has 1 aromatic rings. The van der Waals surface area contributed by atoms with Crippen LogP contribution in [0.4, 0.5) is 0 Å². The van der Waals surface area contributed by atoms with E-state index in [1.54, 1.807) is 18.3 Å². The van der Waals surface area contributed by atoms with Crippen molar-refractivity contribution in [3.63, 3.8) is 0 Å². The maximum Gasteiger partial charge on any atom is 0.101 e. The Labute approximate surface area is 77.2 Å². The molecule has 0 saturated carbocycles. The first kappa shape index (κ1) is 16.6. The molecule has 11 heavy (non-hydrogen) atoms. The van der Waals surface area contributed by atoms with Crippen LogP contribution in [0.5, 0.6) is 0 Å². The predicted octanol–water partition coefficient (Wildman–Crippen LogP) is 0.972. The summed E-state index contributed by atoms with van der Waals surface area (Å²) in [5.41, 5.74) is 0.604. The molecule has 0 aliphatic heterocycles. The van der Waals surface area contributed by atoms with Crippen LogP contribution in [-0.4, -0.2) is 10.5 Å². The Bertz CT molecular complexity index is 210. The van der Waals surface area contributed by atoms with Crippen molar-refractivity contribution in [2.45, 2.75) is 0 Å². The van der Waals surface area contributed by atoms with Gasteiger partial charge in [-0.2, -0.15) is 5.26 Å². The van der Waals surface area contributed by atoms with Gasteiger partial charge in [0, 0.05) is 12.4 Å². The fraction of sp³-hybridized carbons (Fsp3) is 0. The van der Waals surface area contributed by atoms with E-state index in [2.05, 4.69) is 4.98 Å². The molecule has 0 radical (unpaired) electrons. The lowest BCUT2D eigenvalue weighted by molar-refractivity contribution is 0.824. The van der Waals surface area contributed by atoms with E-state index in [1.165, 1.54) is 6.20 Å². The Balaban J connectivity index is -0.000000213. The Kier molecular flexibility index (Phi) is 13.9. The largest absolute Gasteiger partial charge is 0.412 e. The van der Waals surface area contributed by atoms with Crippen LogP contribution in [0.1, 0.15) is 5.56 Å². The summed E-state index contributed by atoms with van der Waals surface area (Å²) in [5.74, 6) is 0. The molecule has 0 bridgehead atoms. The number of hydrogen-bond acceptors (Lipinski definition) is 2. The van der Waals surface area contributed by atoms with Gasteiger partial charge in [0.05, 0.1) is 5.56 Å². The highest BCUT2D eigenvalue weighted by atomic mass is 35.5. The van der Waals surface area contributed by atoms with Gasteiger partial charge in [0.15, 0.2) is 0 Å². The molecule has 0 atom stereocenters. The third-order valence-corrected chi connectivity index (χ3v) is 0.791. The third kappa shape index (κ3) is 5.62. The SMILES string of the molecule is Cl.Cl.N#Cc1cccnc1.O. The summed E-state index contributed by atoms with van der Waals surface area (Å²) in [6.45, 7) is 0. The maximum atomic E-state index is 8.25. The highest BCUT2D eigenvalue weighted by Gasteiger charge is 1.80. The van der Waals surface area contributed by atoms with Crippen LogP contribution >= 0.6 is 24.8 Å². The number of hydrogen-bond donors (Lipinski definition) is 0. The topological polar surface area (TPSA) is 68.2 Å². The molecule has 0 aromatic carbocycles. The van der Waals surface area contributed by atoms with E-state index < -0.39 is 0 Å². The molecular formula is C6H8Cl2N2O. The summed E-state index contributed by atoms with van der Waals surface area (Å²) in [6, 6.07) is 5.41. The Morgan fingerprint density at radius 3 is 2.27 bits per heavy atom. The predicted molar refractivity (Wildman–Crippen MR) is 47.1 cm³/mol. The van der Waals surface area contributed by atoms with Gasteiger partial charge in [0.25, 0.3) is 0 Å². The molecule has 0 aliphatic carbocycles. The van der Waals surface area contributed by atoms with Crippen LogP contribution in [0.25, 0.3) is 0 Å². The quantitative estimate of drug-likeness (QED) is 0.618. The smallest absolute Gasteiger partial charge is 0.101 e. The van der Waals surface area contributed by atoms with Crippen LogP contribution in [0.3, 0.4) is 0 Å². The summed E-state index contributed by atoms with van der Waals surface area (Å²) < 4.78 is 0. The highest BCUT2D eigenvalue weighted by Crippen LogP contribution is 1.89. The minimum absolute atomic E-state index is 0. The zero-order valence-electron chi connectivity index (χ0n) is 5.52. The van der Waals surface area contributed by atoms with Crippen molar-refractivity contribution in [2.24, 2.45) is 0 Å². The first-order chi connectivity index (χ1) is 3.93. The zero-order valence-corrected chi connectivity index (χ0v) is 7.15. The second kappa shape index (κ2) is 9.18.